The summed E-state index contributed by atoms with van der Waals surface area (Å²) in [5, 5.41) is 8.30. The van der Waals surface area contributed by atoms with Crippen LogP contribution in [0.5, 0.6) is 0 Å². The zero-order valence-corrected chi connectivity index (χ0v) is 17.6. The number of aryl methyl sites for hydroxylation is 1. The van der Waals surface area contributed by atoms with E-state index >= 15 is 0 Å². The number of thioether (sulfide) groups is 2. The van der Waals surface area contributed by atoms with E-state index in [9.17, 15) is 8.42 Å². The third kappa shape index (κ3) is 4.68. The Kier molecular flexibility index (Phi) is 6.39. The molecule has 0 unspecified atom stereocenters. The van der Waals surface area contributed by atoms with Crippen molar-refractivity contribution in [2.24, 2.45) is 0 Å². The second kappa shape index (κ2) is 8.56. The molecule has 0 N–H and O–H groups in total. The van der Waals surface area contributed by atoms with E-state index in [1.165, 1.54) is 0 Å². The van der Waals surface area contributed by atoms with Crippen LogP contribution in [-0.4, -0.2) is 24.4 Å². The van der Waals surface area contributed by atoms with Crippen molar-refractivity contribution in [2.45, 2.75) is 38.1 Å². The Balaban J connectivity index is 1.68. The van der Waals surface area contributed by atoms with E-state index in [-0.39, 0.29) is 0 Å². The van der Waals surface area contributed by atoms with Crippen LogP contribution < -0.4 is 0 Å². The largest absolute Gasteiger partial charge is 0.219 e. The second-order valence-electron chi connectivity index (χ2n) is 5.52. The van der Waals surface area contributed by atoms with Gasteiger partial charge in [0.2, 0.25) is 9.84 Å². The molecular formula is C18H18N2O2S4. The summed E-state index contributed by atoms with van der Waals surface area (Å²) < 4.78 is 27.3. The lowest BCUT2D eigenvalue weighted by molar-refractivity contribution is 0.596. The molecule has 0 fully saturated rings. The molecule has 0 aliphatic heterocycles. The summed E-state index contributed by atoms with van der Waals surface area (Å²) in [4.78, 5) is 0.632. The van der Waals surface area contributed by atoms with Gasteiger partial charge in [-0.25, -0.2) is 8.42 Å². The quantitative estimate of drug-likeness (QED) is 0.495. The van der Waals surface area contributed by atoms with Gasteiger partial charge in [0, 0.05) is 5.75 Å². The molecule has 1 aromatic heterocycles. The highest BCUT2D eigenvalue weighted by atomic mass is 32.2. The molecule has 8 heteroatoms. The lowest BCUT2D eigenvalue weighted by atomic mass is 10.2. The fourth-order valence-corrected chi connectivity index (χ4v) is 6.33. The van der Waals surface area contributed by atoms with E-state index in [2.05, 4.69) is 17.1 Å². The third-order valence-electron chi connectivity index (χ3n) is 3.58. The van der Waals surface area contributed by atoms with Crippen LogP contribution in [0.4, 0.5) is 0 Å². The molecule has 0 bridgehead atoms. The molecule has 0 saturated carbocycles. The highest BCUT2D eigenvalue weighted by Gasteiger charge is 2.17. The summed E-state index contributed by atoms with van der Waals surface area (Å²) in [7, 11) is -3.47. The smallest absolute Gasteiger partial charge is 0.206 e. The Morgan fingerprint density at radius 1 is 0.885 bits per heavy atom. The summed E-state index contributed by atoms with van der Waals surface area (Å²) >= 11 is 4.89. The normalized spacial score (nSPS) is 11.6. The minimum absolute atomic E-state index is 0.313. The maximum Gasteiger partial charge on any atom is 0.206 e. The first-order valence-corrected chi connectivity index (χ1v) is 12.3. The molecule has 3 rings (SSSR count). The van der Waals surface area contributed by atoms with Crippen LogP contribution >= 0.6 is 34.9 Å². The first kappa shape index (κ1) is 19.4. The molecular weight excluding hydrogens is 404 g/mol. The fourth-order valence-electron chi connectivity index (χ4n) is 2.20. The van der Waals surface area contributed by atoms with E-state index in [4.69, 9.17) is 0 Å². The average molecular weight is 423 g/mol. The van der Waals surface area contributed by atoms with Crippen molar-refractivity contribution in [3.8, 4) is 0 Å². The minimum Gasteiger partial charge on any atom is -0.219 e. The molecule has 1 heterocycles. The maximum atomic E-state index is 12.7. The number of benzene rings is 2. The van der Waals surface area contributed by atoms with Crippen LogP contribution in [0.25, 0.3) is 0 Å². The Morgan fingerprint density at radius 3 is 2.00 bits per heavy atom. The Bertz CT molecular complexity index is 965. The van der Waals surface area contributed by atoms with E-state index in [1.54, 1.807) is 59.1 Å². The van der Waals surface area contributed by atoms with Gasteiger partial charge in [-0.2, -0.15) is 0 Å². The van der Waals surface area contributed by atoms with Gasteiger partial charge in [0.05, 0.1) is 9.79 Å². The van der Waals surface area contributed by atoms with E-state index in [0.29, 0.717) is 9.79 Å². The second-order valence-corrected chi connectivity index (χ2v) is 11.2. The highest BCUT2D eigenvalue weighted by molar-refractivity contribution is 8.02. The van der Waals surface area contributed by atoms with Crippen LogP contribution in [-0.2, 0) is 15.6 Å². The van der Waals surface area contributed by atoms with Crippen LogP contribution in [0.3, 0.4) is 0 Å². The van der Waals surface area contributed by atoms with Crippen molar-refractivity contribution in [3.05, 3.63) is 59.7 Å². The average Bonchev–Trinajstić information content (AvgIpc) is 3.09. The molecule has 0 aliphatic rings. The summed E-state index contributed by atoms with van der Waals surface area (Å²) in [6.07, 6.45) is 0. The van der Waals surface area contributed by atoms with Gasteiger partial charge in [-0.05, 0) is 42.5 Å². The lowest BCUT2D eigenvalue weighted by Gasteiger charge is -2.06. The number of rotatable bonds is 7. The summed E-state index contributed by atoms with van der Waals surface area (Å²) in [6, 6.07) is 14.0. The fraction of sp³-hybridized carbons (Fsp3) is 0.222. The van der Waals surface area contributed by atoms with Gasteiger partial charge in [0.15, 0.2) is 8.68 Å². The summed E-state index contributed by atoms with van der Waals surface area (Å²) in [6.45, 7) is 4.02. The van der Waals surface area contributed by atoms with Gasteiger partial charge in [0.25, 0.3) is 0 Å². The first-order chi connectivity index (χ1) is 12.5. The lowest BCUT2D eigenvalue weighted by Crippen LogP contribution is -2.02. The Labute approximate surface area is 166 Å². The van der Waals surface area contributed by atoms with E-state index < -0.39 is 9.84 Å². The predicted octanol–water partition coefficient (Wildman–Crippen LogP) is 5.08. The topological polar surface area (TPSA) is 59.9 Å². The number of sulfone groups is 1. The van der Waals surface area contributed by atoms with Gasteiger partial charge in [-0.15, -0.1) is 10.2 Å². The van der Waals surface area contributed by atoms with Crippen LogP contribution in [0.2, 0.25) is 0 Å². The molecule has 136 valence electrons. The Morgan fingerprint density at radius 2 is 1.42 bits per heavy atom. The number of nitrogens with zero attached hydrogens (tertiary/aromatic N) is 2. The molecule has 2 aromatic carbocycles. The number of aromatic nitrogens is 2. The minimum atomic E-state index is -3.47. The van der Waals surface area contributed by atoms with Gasteiger partial charge >= 0.3 is 0 Å². The van der Waals surface area contributed by atoms with Gasteiger partial charge in [0.1, 0.15) is 0 Å². The van der Waals surface area contributed by atoms with Crippen molar-refractivity contribution in [1.82, 2.24) is 10.2 Å². The number of hydrogen-bond acceptors (Lipinski definition) is 7. The standard InChI is InChI=1S/C18H18N2O2S4/c1-3-23-17-19-20-18(25-17)24-12-14-6-10-16(11-7-14)26(21,22)15-8-4-13(2)5-9-15/h4-11H,3,12H2,1-2H3. The van der Waals surface area contributed by atoms with Crippen molar-refractivity contribution < 1.29 is 8.42 Å². The van der Waals surface area contributed by atoms with Gasteiger partial charge in [-0.3, -0.25) is 0 Å². The van der Waals surface area contributed by atoms with E-state index in [0.717, 1.165) is 31.3 Å². The monoisotopic (exact) mass is 422 g/mol. The zero-order valence-electron chi connectivity index (χ0n) is 14.4. The summed E-state index contributed by atoms with van der Waals surface area (Å²) in [5.74, 6) is 1.71. The number of hydrogen-bond donors (Lipinski definition) is 0. The van der Waals surface area contributed by atoms with Crippen LogP contribution in [0, 0.1) is 6.92 Å². The zero-order chi connectivity index (χ0) is 18.6. The van der Waals surface area contributed by atoms with Gasteiger partial charge < -0.3 is 0 Å². The summed E-state index contributed by atoms with van der Waals surface area (Å²) in [5.41, 5.74) is 2.09. The molecule has 3 aromatic rings. The molecule has 26 heavy (non-hydrogen) atoms. The molecule has 0 radical (unpaired) electrons. The van der Waals surface area contributed by atoms with Crippen molar-refractivity contribution >= 4 is 44.7 Å². The van der Waals surface area contributed by atoms with Gasteiger partial charge in [-0.1, -0.05) is 71.6 Å². The Hall–Kier alpha value is -1.35. The van der Waals surface area contributed by atoms with Crippen LogP contribution in [0.15, 0.2) is 67.0 Å². The molecule has 0 atom stereocenters. The first-order valence-electron chi connectivity index (χ1n) is 7.99. The SMILES string of the molecule is CCSc1nnc(SCc2ccc(S(=O)(=O)c3ccc(C)cc3)cc2)s1. The van der Waals surface area contributed by atoms with Crippen LogP contribution in [0.1, 0.15) is 18.1 Å². The predicted molar refractivity (Wildman–Crippen MR) is 109 cm³/mol. The van der Waals surface area contributed by atoms with E-state index in [1.807, 2.05) is 31.2 Å². The van der Waals surface area contributed by atoms with Crippen molar-refractivity contribution in [3.63, 3.8) is 0 Å². The van der Waals surface area contributed by atoms with Crippen molar-refractivity contribution in [1.29, 1.82) is 0 Å². The molecule has 4 nitrogen and oxygen atoms in total. The molecule has 0 amide bonds. The van der Waals surface area contributed by atoms with Crippen molar-refractivity contribution in [2.75, 3.05) is 5.75 Å². The molecule has 0 saturated heterocycles. The maximum absolute atomic E-state index is 12.7. The third-order valence-corrected chi connectivity index (χ3v) is 8.51. The highest BCUT2D eigenvalue weighted by Crippen LogP contribution is 2.31. The molecule has 0 spiro atoms. The molecule has 0 aliphatic carbocycles.